The Balaban J connectivity index is 2.25. The lowest BCUT2D eigenvalue weighted by molar-refractivity contribution is -0.124. The molecule has 0 spiro atoms. The van der Waals surface area contributed by atoms with Crippen molar-refractivity contribution < 1.29 is 4.79 Å². The average Bonchev–Trinajstić information content (AvgIpc) is 2.19. The van der Waals surface area contributed by atoms with Crippen molar-refractivity contribution in [3.63, 3.8) is 0 Å². The van der Waals surface area contributed by atoms with Gasteiger partial charge in [0.2, 0.25) is 5.91 Å². The molecular formula is C13H26N2O. The minimum absolute atomic E-state index is 0.130. The van der Waals surface area contributed by atoms with E-state index < -0.39 is 0 Å². The fourth-order valence-electron chi connectivity index (χ4n) is 2.04. The van der Waals surface area contributed by atoms with Crippen molar-refractivity contribution in [1.82, 2.24) is 5.32 Å². The fourth-order valence-corrected chi connectivity index (χ4v) is 2.04. The Morgan fingerprint density at radius 2 is 2.00 bits per heavy atom. The fraction of sp³-hybridized carbons (Fsp3) is 0.923. The Hall–Kier alpha value is -0.570. The molecule has 1 unspecified atom stereocenters. The van der Waals surface area contributed by atoms with Gasteiger partial charge in [0.05, 0.1) is 0 Å². The van der Waals surface area contributed by atoms with E-state index >= 15 is 0 Å². The lowest BCUT2D eigenvalue weighted by Gasteiger charge is -2.40. The average molecular weight is 226 g/mol. The first-order valence-corrected chi connectivity index (χ1v) is 6.46. The summed E-state index contributed by atoms with van der Waals surface area (Å²) in [4.78, 5) is 11.8. The standard InChI is InChI=1S/C13H26N2O/c1-10(2)11(3)8-15-12(16)7-13(9-14)5-4-6-13/h10-11H,4-9,14H2,1-3H3,(H,15,16). The lowest BCUT2D eigenvalue weighted by atomic mass is 9.66. The number of rotatable bonds is 6. The van der Waals surface area contributed by atoms with Crippen molar-refractivity contribution in [2.75, 3.05) is 13.1 Å². The summed E-state index contributed by atoms with van der Waals surface area (Å²) in [7, 11) is 0. The molecular weight excluding hydrogens is 200 g/mol. The van der Waals surface area contributed by atoms with Crippen molar-refractivity contribution in [3.05, 3.63) is 0 Å². The van der Waals surface area contributed by atoms with E-state index in [0.717, 1.165) is 19.4 Å². The summed E-state index contributed by atoms with van der Waals surface area (Å²) in [5.41, 5.74) is 5.87. The van der Waals surface area contributed by atoms with Gasteiger partial charge in [0.25, 0.3) is 0 Å². The third-order valence-electron chi connectivity index (χ3n) is 4.14. The number of nitrogens with one attached hydrogen (secondary N) is 1. The Morgan fingerprint density at radius 3 is 2.38 bits per heavy atom. The van der Waals surface area contributed by atoms with Crippen molar-refractivity contribution in [1.29, 1.82) is 0 Å². The molecule has 1 atom stereocenters. The van der Waals surface area contributed by atoms with Crippen LogP contribution >= 0.6 is 0 Å². The van der Waals surface area contributed by atoms with Gasteiger partial charge in [-0.25, -0.2) is 0 Å². The molecule has 1 fully saturated rings. The molecule has 0 aromatic rings. The molecule has 1 saturated carbocycles. The highest BCUT2D eigenvalue weighted by Crippen LogP contribution is 2.42. The summed E-state index contributed by atoms with van der Waals surface area (Å²) in [5.74, 6) is 1.34. The first kappa shape index (κ1) is 13.5. The van der Waals surface area contributed by atoms with E-state index in [1.165, 1.54) is 6.42 Å². The van der Waals surface area contributed by atoms with E-state index in [4.69, 9.17) is 5.73 Å². The molecule has 3 N–H and O–H groups in total. The molecule has 94 valence electrons. The van der Waals surface area contributed by atoms with E-state index in [9.17, 15) is 4.79 Å². The van der Waals surface area contributed by atoms with Crippen molar-refractivity contribution in [2.24, 2.45) is 23.0 Å². The van der Waals surface area contributed by atoms with Crippen molar-refractivity contribution in [2.45, 2.75) is 46.5 Å². The first-order chi connectivity index (χ1) is 7.49. The Kier molecular flexibility index (Phi) is 4.78. The Bertz CT molecular complexity index is 229. The Morgan fingerprint density at radius 1 is 1.38 bits per heavy atom. The van der Waals surface area contributed by atoms with Crippen LogP contribution in [0.5, 0.6) is 0 Å². The van der Waals surface area contributed by atoms with Crippen molar-refractivity contribution in [3.8, 4) is 0 Å². The van der Waals surface area contributed by atoms with E-state index in [1.807, 2.05) is 0 Å². The highest BCUT2D eigenvalue weighted by atomic mass is 16.1. The second-order valence-electron chi connectivity index (χ2n) is 5.76. The highest BCUT2D eigenvalue weighted by Gasteiger charge is 2.37. The monoisotopic (exact) mass is 226 g/mol. The third kappa shape index (κ3) is 3.48. The van der Waals surface area contributed by atoms with Gasteiger partial charge in [0.1, 0.15) is 0 Å². The summed E-state index contributed by atoms with van der Waals surface area (Å²) in [6.07, 6.45) is 4.09. The lowest BCUT2D eigenvalue weighted by Crippen LogP contribution is -2.42. The molecule has 0 saturated heterocycles. The van der Waals surface area contributed by atoms with E-state index in [2.05, 4.69) is 26.1 Å². The summed E-state index contributed by atoms with van der Waals surface area (Å²) < 4.78 is 0. The second-order valence-corrected chi connectivity index (χ2v) is 5.76. The van der Waals surface area contributed by atoms with Crippen molar-refractivity contribution >= 4 is 5.91 Å². The van der Waals surface area contributed by atoms with Crippen LogP contribution in [0.4, 0.5) is 0 Å². The van der Waals surface area contributed by atoms with Crippen LogP contribution in [0.15, 0.2) is 0 Å². The van der Waals surface area contributed by atoms with Crippen LogP contribution < -0.4 is 11.1 Å². The molecule has 0 bridgehead atoms. The molecule has 1 rings (SSSR count). The van der Waals surface area contributed by atoms with Gasteiger partial charge in [-0.15, -0.1) is 0 Å². The minimum atomic E-state index is 0.130. The molecule has 3 nitrogen and oxygen atoms in total. The normalized spacial score (nSPS) is 20.3. The number of carbonyl (C=O) groups excluding carboxylic acids is 1. The molecule has 1 aliphatic rings. The van der Waals surface area contributed by atoms with Gasteiger partial charge in [0.15, 0.2) is 0 Å². The molecule has 0 radical (unpaired) electrons. The zero-order valence-corrected chi connectivity index (χ0v) is 10.9. The maximum atomic E-state index is 11.8. The van der Waals surface area contributed by atoms with E-state index in [0.29, 0.717) is 24.8 Å². The van der Waals surface area contributed by atoms with Crippen LogP contribution in [0, 0.1) is 17.3 Å². The number of hydrogen-bond donors (Lipinski definition) is 2. The van der Waals surface area contributed by atoms with Crippen LogP contribution in [-0.4, -0.2) is 19.0 Å². The first-order valence-electron chi connectivity index (χ1n) is 6.46. The van der Waals surface area contributed by atoms with E-state index in [1.54, 1.807) is 0 Å². The zero-order chi connectivity index (χ0) is 12.2. The smallest absolute Gasteiger partial charge is 0.220 e. The highest BCUT2D eigenvalue weighted by molar-refractivity contribution is 5.76. The summed E-state index contributed by atoms with van der Waals surface area (Å²) >= 11 is 0. The van der Waals surface area contributed by atoms with E-state index in [-0.39, 0.29) is 11.3 Å². The van der Waals surface area contributed by atoms with Crippen LogP contribution in [0.3, 0.4) is 0 Å². The predicted octanol–water partition coefficient (Wildman–Crippen LogP) is 1.91. The number of carbonyl (C=O) groups is 1. The Labute approximate surface area is 99.2 Å². The van der Waals surface area contributed by atoms with Gasteiger partial charge in [0, 0.05) is 13.0 Å². The molecule has 16 heavy (non-hydrogen) atoms. The molecule has 0 heterocycles. The number of nitrogens with two attached hydrogens (primary N) is 1. The van der Waals surface area contributed by atoms with Gasteiger partial charge in [-0.3, -0.25) is 4.79 Å². The quantitative estimate of drug-likeness (QED) is 0.727. The number of hydrogen-bond acceptors (Lipinski definition) is 2. The summed E-state index contributed by atoms with van der Waals surface area (Å²) in [6, 6.07) is 0. The van der Waals surface area contributed by atoms with Crippen LogP contribution in [-0.2, 0) is 4.79 Å². The van der Waals surface area contributed by atoms with Gasteiger partial charge in [-0.2, -0.15) is 0 Å². The molecule has 0 aromatic carbocycles. The van der Waals surface area contributed by atoms with Gasteiger partial charge >= 0.3 is 0 Å². The second kappa shape index (κ2) is 5.67. The van der Waals surface area contributed by atoms with Crippen LogP contribution in [0.25, 0.3) is 0 Å². The SMILES string of the molecule is CC(C)C(C)CNC(=O)CC1(CN)CCC1. The molecule has 1 amide bonds. The summed E-state index contributed by atoms with van der Waals surface area (Å²) in [6.45, 7) is 7.98. The molecule has 0 aromatic heterocycles. The maximum Gasteiger partial charge on any atom is 0.220 e. The molecule has 0 aliphatic heterocycles. The van der Waals surface area contributed by atoms with Gasteiger partial charge < -0.3 is 11.1 Å². The largest absolute Gasteiger partial charge is 0.356 e. The summed E-state index contributed by atoms with van der Waals surface area (Å²) in [5, 5.41) is 3.03. The molecule has 3 heteroatoms. The van der Waals surface area contributed by atoms with Crippen LogP contribution in [0.1, 0.15) is 46.5 Å². The maximum absolute atomic E-state index is 11.8. The molecule has 1 aliphatic carbocycles. The third-order valence-corrected chi connectivity index (χ3v) is 4.14. The van der Waals surface area contributed by atoms with Crippen LogP contribution in [0.2, 0.25) is 0 Å². The van der Waals surface area contributed by atoms with Gasteiger partial charge in [-0.05, 0) is 36.6 Å². The minimum Gasteiger partial charge on any atom is -0.356 e. The zero-order valence-electron chi connectivity index (χ0n) is 10.9. The number of amides is 1. The topological polar surface area (TPSA) is 55.1 Å². The van der Waals surface area contributed by atoms with Gasteiger partial charge in [-0.1, -0.05) is 27.2 Å². The predicted molar refractivity (Wildman–Crippen MR) is 67.0 cm³/mol.